The van der Waals surface area contributed by atoms with Gasteiger partial charge in [0.15, 0.2) is 0 Å². The van der Waals surface area contributed by atoms with Crippen LogP contribution in [0.15, 0.2) is 162 Å². The minimum absolute atomic E-state index is 0.0166. The van der Waals surface area contributed by atoms with Gasteiger partial charge in [-0.15, -0.1) is 0 Å². The van der Waals surface area contributed by atoms with Crippen LogP contribution in [0.5, 0.6) is 0 Å². The molecule has 0 amide bonds. The molecule has 0 atom stereocenters. The van der Waals surface area contributed by atoms with Crippen molar-refractivity contribution >= 4 is 79.2 Å². The highest BCUT2D eigenvalue weighted by atomic mass is 16.3. The van der Waals surface area contributed by atoms with Crippen molar-refractivity contribution in [3.63, 3.8) is 0 Å². The Morgan fingerprint density at radius 1 is 0.391 bits per heavy atom. The molecule has 0 saturated carbocycles. The summed E-state index contributed by atoms with van der Waals surface area (Å²) in [6.45, 7) is 29.8. The van der Waals surface area contributed by atoms with Gasteiger partial charge in [-0.2, -0.15) is 0 Å². The third-order valence-corrected chi connectivity index (χ3v) is 14.9. The smallest absolute Gasteiger partial charge is 0.252 e. The zero-order chi connectivity index (χ0) is 48.5. The number of aryl methyl sites for hydroxylation is 1. The predicted octanol–water partition coefficient (Wildman–Crippen LogP) is 16.5. The van der Waals surface area contributed by atoms with Gasteiger partial charge in [-0.05, 0) is 156 Å². The Kier molecular flexibility index (Phi) is 10.1. The summed E-state index contributed by atoms with van der Waals surface area (Å²) >= 11 is 0. The zero-order valence-corrected chi connectivity index (χ0v) is 42.9. The van der Waals surface area contributed by atoms with E-state index in [2.05, 4.69) is 258 Å². The van der Waals surface area contributed by atoms with E-state index < -0.39 is 0 Å². The number of para-hydroxylation sites is 1. The van der Waals surface area contributed by atoms with Crippen LogP contribution < -0.4 is 26.2 Å². The van der Waals surface area contributed by atoms with Crippen molar-refractivity contribution in [2.45, 2.75) is 112 Å². The third kappa shape index (κ3) is 7.59. The van der Waals surface area contributed by atoms with Crippen LogP contribution in [0.25, 0.3) is 44.2 Å². The van der Waals surface area contributed by atoms with E-state index in [0.29, 0.717) is 0 Å². The van der Waals surface area contributed by atoms with E-state index in [9.17, 15) is 0 Å². The van der Waals surface area contributed by atoms with Gasteiger partial charge in [-0.3, -0.25) is 0 Å². The lowest BCUT2D eigenvalue weighted by Crippen LogP contribution is -2.61. The summed E-state index contributed by atoms with van der Waals surface area (Å²) in [5.41, 5.74) is 24.3. The topological polar surface area (TPSA) is 19.6 Å². The SMILES string of the molecule is Cc1cc2c3c(c1)N(c1ccc(C(C)(C)C)cc1)c1cc(-c4cccc(-c5cccc6c5oc5ccc(C(C)(C)C)cc56)c4)ccc1B3c1cc(C(C)(C)C)ccc1N2c1ccc(C(C)(C)C)cc1. The maximum Gasteiger partial charge on any atom is 0.252 e. The fourth-order valence-corrected chi connectivity index (χ4v) is 10.9. The van der Waals surface area contributed by atoms with Gasteiger partial charge in [0.2, 0.25) is 0 Å². The monoisotopic (exact) mass is 901 g/mol. The largest absolute Gasteiger partial charge is 0.455 e. The molecular formula is C65H65BN2O. The molecule has 0 saturated heterocycles. The average molecular weight is 901 g/mol. The van der Waals surface area contributed by atoms with Crippen LogP contribution in [-0.4, -0.2) is 6.71 Å². The highest BCUT2D eigenvalue weighted by Gasteiger charge is 2.44. The van der Waals surface area contributed by atoms with Crippen LogP contribution in [0.4, 0.5) is 34.1 Å². The van der Waals surface area contributed by atoms with E-state index in [0.717, 1.165) is 33.4 Å². The van der Waals surface area contributed by atoms with Gasteiger partial charge in [0, 0.05) is 50.5 Å². The molecule has 0 radical (unpaired) electrons. The van der Waals surface area contributed by atoms with E-state index in [1.54, 1.807) is 0 Å². The summed E-state index contributed by atoms with van der Waals surface area (Å²) < 4.78 is 6.70. The quantitative estimate of drug-likeness (QED) is 0.164. The first-order chi connectivity index (χ1) is 32.6. The molecule has 0 aliphatic carbocycles. The van der Waals surface area contributed by atoms with Gasteiger partial charge in [0.05, 0.1) is 0 Å². The maximum atomic E-state index is 6.70. The Morgan fingerprint density at radius 3 is 1.52 bits per heavy atom. The van der Waals surface area contributed by atoms with Gasteiger partial charge in [-0.25, -0.2) is 0 Å². The first kappa shape index (κ1) is 44.7. The first-order valence-electron chi connectivity index (χ1n) is 24.9. The van der Waals surface area contributed by atoms with Crippen molar-refractivity contribution in [2.24, 2.45) is 0 Å². The fraction of sp³-hybridized carbons (Fsp3) is 0.262. The molecule has 0 spiro atoms. The minimum Gasteiger partial charge on any atom is -0.455 e. The molecule has 344 valence electrons. The highest BCUT2D eigenvalue weighted by Crippen LogP contribution is 2.47. The Labute approximate surface area is 410 Å². The number of hydrogen-bond donors (Lipinski definition) is 0. The lowest BCUT2D eigenvalue weighted by Gasteiger charge is -2.45. The Balaban J connectivity index is 1.12. The van der Waals surface area contributed by atoms with Gasteiger partial charge in [0.25, 0.3) is 6.71 Å². The van der Waals surface area contributed by atoms with E-state index in [1.807, 2.05) is 0 Å². The van der Waals surface area contributed by atoms with Crippen LogP contribution in [-0.2, 0) is 21.7 Å². The van der Waals surface area contributed by atoms with Gasteiger partial charge in [0.1, 0.15) is 11.2 Å². The number of anilines is 6. The van der Waals surface area contributed by atoms with Crippen LogP contribution in [0.1, 0.15) is 111 Å². The molecule has 2 aliphatic heterocycles. The number of rotatable bonds is 4. The van der Waals surface area contributed by atoms with E-state index in [1.165, 1.54) is 89.2 Å². The maximum absolute atomic E-state index is 6.70. The molecular weight excluding hydrogens is 836 g/mol. The molecule has 9 aromatic rings. The molecule has 0 bridgehead atoms. The van der Waals surface area contributed by atoms with Crippen molar-refractivity contribution in [3.05, 3.63) is 186 Å². The first-order valence-corrected chi connectivity index (χ1v) is 24.9. The molecule has 0 N–H and O–H groups in total. The molecule has 8 aromatic carbocycles. The van der Waals surface area contributed by atoms with Crippen molar-refractivity contribution < 1.29 is 4.42 Å². The normalized spacial score (nSPS) is 13.8. The number of benzene rings is 8. The molecule has 1 aromatic heterocycles. The second-order valence-electron chi connectivity index (χ2n) is 24.0. The molecule has 2 aliphatic rings. The fourth-order valence-electron chi connectivity index (χ4n) is 10.9. The van der Waals surface area contributed by atoms with Crippen molar-refractivity contribution in [1.82, 2.24) is 0 Å². The van der Waals surface area contributed by atoms with Crippen LogP contribution in [0.3, 0.4) is 0 Å². The van der Waals surface area contributed by atoms with Crippen molar-refractivity contribution in [1.29, 1.82) is 0 Å². The minimum atomic E-state index is -0.0279. The Morgan fingerprint density at radius 2 is 0.913 bits per heavy atom. The lowest BCUT2D eigenvalue weighted by molar-refractivity contribution is 0.590. The van der Waals surface area contributed by atoms with Crippen molar-refractivity contribution in [3.8, 4) is 22.3 Å². The number of furan rings is 1. The third-order valence-electron chi connectivity index (χ3n) is 14.9. The standard InChI is InChI=1S/C65H65BN2O/c1-40-34-57-60-58(35-40)68(49-29-23-45(24-30-49)63(5,6)7)56-37-42(41-16-14-17-43(36-41)50-18-15-19-51-52-38-46(64(8,9)10)26-33-59(52)69-61(50)51)20-31-53(56)66(60)54-39-47(65(11,12)13)25-32-55(54)67(57)48-27-21-44(22-28-48)62(2,3)4/h14-39H,1-13H3. The highest BCUT2D eigenvalue weighted by molar-refractivity contribution is 7.00. The summed E-state index contributed by atoms with van der Waals surface area (Å²) in [6.07, 6.45) is 0. The Hall–Kier alpha value is -6.78. The summed E-state index contributed by atoms with van der Waals surface area (Å²) in [4.78, 5) is 5.09. The summed E-state index contributed by atoms with van der Waals surface area (Å²) in [7, 11) is 0. The van der Waals surface area contributed by atoms with Crippen LogP contribution >= 0.6 is 0 Å². The van der Waals surface area contributed by atoms with E-state index >= 15 is 0 Å². The van der Waals surface area contributed by atoms with E-state index in [4.69, 9.17) is 4.42 Å². The van der Waals surface area contributed by atoms with Gasteiger partial charge >= 0.3 is 0 Å². The molecule has 3 heterocycles. The second kappa shape index (κ2) is 15.6. The molecule has 0 unspecified atom stereocenters. The molecule has 3 nitrogen and oxygen atoms in total. The number of hydrogen-bond acceptors (Lipinski definition) is 3. The molecule has 4 heteroatoms. The molecule has 0 fully saturated rings. The van der Waals surface area contributed by atoms with E-state index in [-0.39, 0.29) is 28.4 Å². The average Bonchev–Trinajstić information content (AvgIpc) is 3.68. The number of fused-ring (bicyclic) bond motifs is 7. The zero-order valence-electron chi connectivity index (χ0n) is 42.9. The summed E-state index contributed by atoms with van der Waals surface area (Å²) in [5.74, 6) is 0. The molecule has 69 heavy (non-hydrogen) atoms. The predicted molar refractivity (Wildman–Crippen MR) is 298 cm³/mol. The summed E-state index contributed by atoms with van der Waals surface area (Å²) in [6, 6.07) is 60.3. The summed E-state index contributed by atoms with van der Waals surface area (Å²) in [5, 5.41) is 2.32. The molecule has 11 rings (SSSR count). The van der Waals surface area contributed by atoms with Gasteiger partial charge in [-0.1, -0.05) is 174 Å². The number of nitrogens with zero attached hydrogens (tertiary/aromatic N) is 2. The van der Waals surface area contributed by atoms with Crippen LogP contribution in [0.2, 0.25) is 0 Å². The second-order valence-corrected chi connectivity index (χ2v) is 24.0. The van der Waals surface area contributed by atoms with Crippen molar-refractivity contribution in [2.75, 3.05) is 9.80 Å². The lowest BCUT2D eigenvalue weighted by atomic mass is 9.33. The van der Waals surface area contributed by atoms with Crippen LogP contribution in [0, 0.1) is 6.92 Å². The van der Waals surface area contributed by atoms with Gasteiger partial charge < -0.3 is 14.2 Å². The Bertz CT molecular complexity index is 3490.